The van der Waals surface area contributed by atoms with E-state index in [9.17, 15) is 4.79 Å². The molecule has 1 unspecified atom stereocenters. The number of hydrogen-bond acceptors (Lipinski definition) is 2. The quantitative estimate of drug-likeness (QED) is 0.835. The second-order valence-corrected chi connectivity index (χ2v) is 7.41. The van der Waals surface area contributed by atoms with E-state index in [2.05, 4.69) is 39.7 Å². The Bertz CT molecular complexity index is 493. The molecule has 1 atom stereocenters. The third-order valence-corrected chi connectivity index (χ3v) is 4.15. The minimum Gasteiger partial charge on any atom is -0.344 e. The van der Waals surface area contributed by atoms with E-state index >= 15 is 0 Å². The second kappa shape index (κ2) is 5.90. The SMILES string of the molecule is CC(C)CC(C)(CN)NC(=O)c1cc(Br)cn1C1CC1. The number of rotatable bonds is 6. The van der Waals surface area contributed by atoms with E-state index in [4.69, 9.17) is 5.73 Å². The molecule has 0 saturated heterocycles. The molecule has 1 aliphatic carbocycles. The molecule has 1 aromatic heterocycles. The minimum absolute atomic E-state index is 0.0313. The fraction of sp³-hybridized carbons (Fsp3) is 0.667. The zero-order valence-electron chi connectivity index (χ0n) is 12.4. The summed E-state index contributed by atoms with van der Waals surface area (Å²) in [5, 5.41) is 3.12. The molecule has 0 radical (unpaired) electrons. The highest BCUT2D eigenvalue weighted by molar-refractivity contribution is 9.10. The fourth-order valence-corrected chi connectivity index (χ4v) is 3.14. The fourth-order valence-electron chi connectivity index (χ4n) is 2.71. The molecule has 4 nitrogen and oxygen atoms in total. The van der Waals surface area contributed by atoms with Gasteiger partial charge in [0.1, 0.15) is 5.69 Å². The highest BCUT2D eigenvalue weighted by Crippen LogP contribution is 2.37. The Hall–Kier alpha value is -0.810. The lowest BCUT2D eigenvalue weighted by molar-refractivity contribution is 0.0888. The van der Waals surface area contributed by atoms with Gasteiger partial charge < -0.3 is 15.6 Å². The number of carbonyl (C=O) groups is 1. The minimum atomic E-state index is -0.351. The molecule has 1 saturated carbocycles. The maximum absolute atomic E-state index is 12.6. The van der Waals surface area contributed by atoms with Gasteiger partial charge >= 0.3 is 0 Å². The molecule has 0 aliphatic heterocycles. The molecule has 1 fully saturated rings. The third kappa shape index (κ3) is 3.64. The van der Waals surface area contributed by atoms with Crippen LogP contribution >= 0.6 is 15.9 Å². The number of nitrogens with one attached hydrogen (secondary N) is 1. The van der Waals surface area contributed by atoms with Crippen LogP contribution in [0.3, 0.4) is 0 Å². The van der Waals surface area contributed by atoms with Crippen LogP contribution in [0.15, 0.2) is 16.7 Å². The van der Waals surface area contributed by atoms with E-state index in [1.54, 1.807) is 0 Å². The third-order valence-electron chi connectivity index (χ3n) is 3.71. The van der Waals surface area contributed by atoms with Crippen molar-refractivity contribution < 1.29 is 4.79 Å². The van der Waals surface area contributed by atoms with Gasteiger partial charge in [-0.2, -0.15) is 0 Å². The van der Waals surface area contributed by atoms with Gasteiger partial charge in [0.05, 0.1) is 5.54 Å². The average molecular weight is 342 g/mol. The van der Waals surface area contributed by atoms with Gasteiger partial charge in [-0.1, -0.05) is 13.8 Å². The maximum atomic E-state index is 12.6. The Balaban J connectivity index is 2.14. The lowest BCUT2D eigenvalue weighted by Crippen LogP contribution is -2.52. The summed E-state index contributed by atoms with van der Waals surface area (Å²) < 4.78 is 3.03. The Morgan fingerprint density at radius 2 is 2.25 bits per heavy atom. The van der Waals surface area contributed by atoms with Crippen LogP contribution in [0.4, 0.5) is 0 Å². The summed E-state index contributed by atoms with van der Waals surface area (Å²) in [5.41, 5.74) is 6.24. The number of halogens is 1. The maximum Gasteiger partial charge on any atom is 0.268 e. The van der Waals surface area contributed by atoms with Crippen molar-refractivity contribution in [3.8, 4) is 0 Å². The zero-order valence-corrected chi connectivity index (χ0v) is 14.0. The molecule has 5 heteroatoms. The summed E-state index contributed by atoms with van der Waals surface area (Å²) in [6.07, 6.45) is 5.18. The van der Waals surface area contributed by atoms with Gasteiger partial charge in [-0.3, -0.25) is 4.79 Å². The van der Waals surface area contributed by atoms with Gasteiger partial charge in [-0.05, 0) is 54.1 Å². The van der Waals surface area contributed by atoms with E-state index in [0.29, 0.717) is 18.5 Å². The summed E-state index contributed by atoms with van der Waals surface area (Å²) in [4.78, 5) is 12.6. The van der Waals surface area contributed by atoms with Gasteiger partial charge in [0.2, 0.25) is 0 Å². The molecular weight excluding hydrogens is 318 g/mol. The van der Waals surface area contributed by atoms with Crippen LogP contribution in [-0.2, 0) is 0 Å². The van der Waals surface area contributed by atoms with Crippen molar-refractivity contribution >= 4 is 21.8 Å². The van der Waals surface area contributed by atoms with Crippen molar-refractivity contribution in [1.29, 1.82) is 0 Å². The second-order valence-electron chi connectivity index (χ2n) is 6.50. The molecule has 2 rings (SSSR count). The first-order chi connectivity index (χ1) is 9.34. The Kier molecular flexibility index (Phi) is 4.59. The number of aromatic nitrogens is 1. The lowest BCUT2D eigenvalue weighted by atomic mass is 9.90. The van der Waals surface area contributed by atoms with Gasteiger partial charge in [0.15, 0.2) is 0 Å². The zero-order chi connectivity index (χ0) is 14.9. The molecule has 1 heterocycles. The predicted octanol–water partition coefficient (Wildman–Crippen LogP) is 3.08. The van der Waals surface area contributed by atoms with E-state index < -0.39 is 0 Å². The first kappa shape index (κ1) is 15.6. The molecule has 112 valence electrons. The molecule has 3 N–H and O–H groups in total. The van der Waals surface area contributed by atoms with Crippen LogP contribution in [0.5, 0.6) is 0 Å². The van der Waals surface area contributed by atoms with Crippen molar-refractivity contribution in [2.45, 2.75) is 51.6 Å². The molecule has 1 aliphatic rings. The van der Waals surface area contributed by atoms with Crippen LogP contribution < -0.4 is 11.1 Å². The number of hydrogen-bond donors (Lipinski definition) is 2. The van der Waals surface area contributed by atoms with Crippen molar-refractivity contribution in [2.75, 3.05) is 6.54 Å². The number of amides is 1. The summed E-state index contributed by atoms with van der Waals surface area (Å²) in [7, 11) is 0. The standard InChI is InChI=1S/C15H24BrN3O/c1-10(2)7-15(3,9-17)18-14(20)13-6-11(16)8-19(13)12-4-5-12/h6,8,10,12H,4-5,7,9,17H2,1-3H3,(H,18,20). The Morgan fingerprint density at radius 1 is 1.60 bits per heavy atom. The van der Waals surface area contributed by atoms with Gasteiger partial charge in [0, 0.05) is 23.3 Å². The predicted molar refractivity (Wildman–Crippen MR) is 84.8 cm³/mol. The molecule has 20 heavy (non-hydrogen) atoms. The highest BCUT2D eigenvalue weighted by Gasteiger charge is 2.31. The van der Waals surface area contributed by atoms with Crippen molar-refractivity contribution in [1.82, 2.24) is 9.88 Å². The van der Waals surface area contributed by atoms with Gasteiger partial charge in [0.25, 0.3) is 5.91 Å². The largest absolute Gasteiger partial charge is 0.344 e. The van der Waals surface area contributed by atoms with Gasteiger partial charge in [-0.25, -0.2) is 0 Å². The van der Waals surface area contributed by atoms with Crippen molar-refractivity contribution in [2.24, 2.45) is 11.7 Å². The molecule has 0 aromatic carbocycles. The lowest BCUT2D eigenvalue weighted by Gasteiger charge is -2.31. The van der Waals surface area contributed by atoms with Crippen LogP contribution in [0, 0.1) is 5.92 Å². The van der Waals surface area contributed by atoms with Crippen molar-refractivity contribution in [3.63, 3.8) is 0 Å². The summed E-state index contributed by atoms with van der Waals surface area (Å²) >= 11 is 3.46. The topological polar surface area (TPSA) is 60.0 Å². The van der Waals surface area contributed by atoms with E-state index in [0.717, 1.165) is 29.4 Å². The van der Waals surface area contributed by atoms with Crippen LogP contribution in [0.1, 0.15) is 56.6 Å². The van der Waals surface area contributed by atoms with Crippen molar-refractivity contribution in [3.05, 3.63) is 22.4 Å². The first-order valence-electron chi connectivity index (χ1n) is 7.24. The molecular formula is C15H24BrN3O. The molecule has 0 bridgehead atoms. The van der Waals surface area contributed by atoms with E-state index in [1.165, 1.54) is 0 Å². The van der Waals surface area contributed by atoms with E-state index in [-0.39, 0.29) is 11.4 Å². The van der Waals surface area contributed by atoms with Gasteiger partial charge in [-0.15, -0.1) is 0 Å². The molecule has 0 spiro atoms. The summed E-state index contributed by atoms with van der Waals surface area (Å²) in [6, 6.07) is 2.37. The monoisotopic (exact) mass is 341 g/mol. The average Bonchev–Trinajstić information content (AvgIpc) is 3.11. The Labute approximate surface area is 129 Å². The van der Waals surface area contributed by atoms with E-state index in [1.807, 2.05) is 19.2 Å². The highest BCUT2D eigenvalue weighted by atomic mass is 79.9. The Morgan fingerprint density at radius 3 is 2.75 bits per heavy atom. The first-order valence-corrected chi connectivity index (χ1v) is 8.04. The molecule has 1 aromatic rings. The summed E-state index contributed by atoms with van der Waals surface area (Å²) in [5.74, 6) is 0.460. The number of nitrogens with two attached hydrogens (primary N) is 1. The molecule has 1 amide bonds. The van der Waals surface area contributed by atoms with Crippen LogP contribution in [0.2, 0.25) is 0 Å². The summed E-state index contributed by atoms with van der Waals surface area (Å²) in [6.45, 7) is 6.75. The number of nitrogens with zero attached hydrogens (tertiary/aromatic N) is 1. The van der Waals surface area contributed by atoms with Crippen LogP contribution in [-0.4, -0.2) is 22.6 Å². The normalized spacial score (nSPS) is 18.1. The smallest absolute Gasteiger partial charge is 0.268 e. The van der Waals surface area contributed by atoms with Crippen LogP contribution in [0.25, 0.3) is 0 Å². The number of carbonyl (C=O) groups excluding carboxylic acids is 1.